The SMILES string of the molecule is Cc1nccn1Cc1ccc(C(=O)N2CCN(c3cccc(C(F)(F)F)c3)CC2)cc1. The number of halogens is 3. The second-order valence-corrected chi connectivity index (χ2v) is 7.63. The third-order valence-electron chi connectivity index (χ3n) is 5.58. The first kappa shape index (κ1) is 21.0. The van der Waals surface area contributed by atoms with Gasteiger partial charge in [-0.1, -0.05) is 18.2 Å². The van der Waals surface area contributed by atoms with Crippen LogP contribution in [0, 0.1) is 6.92 Å². The normalized spacial score (nSPS) is 14.7. The van der Waals surface area contributed by atoms with E-state index >= 15 is 0 Å². The Labute approximate surface area is 178 Å². The highest BCUT2D eigenvalue weighted by Gasteiger charge is 2.31. The van der Waals surface area contributed by atoms with Crippen LogP contribution in [0.4, 0.5) is 18.9 Å². The average Bonchev–Trinajstić information content (AvgIpc) is 3.18. The fourth-order valence-electron chi connectivity index (χ4n) is 3.75. The third kappa shape index (κ3) is 4.73. The highest BCUT2D eigenvalue weighted by Crippen LogP contribution is 2.32. The number of hydrogen-bond donors (Lipinski definition) is 0. The van der Waals surface area contributed by atoms with Crippen molar-refractivity contribution >= 4 is 11.6 Å². The van der Waals surface area contributed by atoms with Crippen LogP contribution in [0.5, 0.6) is 0 Å². The number of benzene rings is 2. The minimum atomic E-state index is -4.36. The van der Waals surface area contributed by atoms with E-state index in [0.717, 1.165) is 23.5 Å². The molecule has 4 rings (SSSR count). The largest absolute Gasteiger partial charge is 0.416 e. The Morgan fingerprint density at radius 3 is 2.35 bits per heavy atom. The molecule has 5 nitrogen and oxygen atoms in total. The lowest BCUT2D eigenvalue weighted by atomic mass is 10.1. The number of aromatic nitrogens is 2. The molecule has 1 saturated heterocycles. The van der Waals surface area contributed by atoms with Gasteiger partial charge in [-0.3, -0.25) is 4.79 Å². The molecule has 31 heavy (non-hydrogen) atoms. The Balaban J connectivity index is 1.37. The van der Waals surface area contributed by atoms with Crippen molar-refractivity contribution in [2.75, 3.05) is 31.1 Å². The number of nitrogens with zero attached hydrogens (tertiary/aromatic N) is 4. The van der Waals surface area contributed by atoms with Crippen molar-refractivity contribution in [3.63, 3.8) is 0 Å². The summed E-state index contributed by atoms with van der Waals surface area (Å²) in [6.07, 6.45) is -0.693. The summed E-state index contributed by atoms with van der Waals surface area (Å²) in [4.78, 5) is 20.7. The number of aryl methyl sites for hydroxylation is 1. The average molecular weight is 428 g/mol. The van der Waals surface area contributed by atoms with Gasteiger partial charge in [0.1, 0.15) is 5.82 Å². The number of carbonyl (C=O) groups is 1. The quantitative estimate of drug-likeness (QED) is 0.625. The minimum Gasteiger partial charge on any atom is -0.368 e. The molecule has 0 aliphatic carbocycles. The van der Waals surface area contributed by atoms with E-state index in [0.29, 0.717) is 44.0 Å². The summed E-state index contributed by atoms with van der Waals surface area (Å²) in [7, 11) is 0. The van der Waals surface area contributed by atoms with Gasteiger partial charge in [0.15, 0.2) is 0 Å². The predicted molar refractivity (Wildman–Crippen MR) is 112 cm³/mol. The van der Waals surface area contributed by atoms with E-state index in [-0.39, 0.29) is 5.91 Å². The lowest BCUT2D eigenvalue weighted by Gasteiger charge is -2.36. The fourth-order valence-corrected chi connectivity index (χ4v) is 3.75. The van der Waals surface area contributed by atoms with Crippen LogP contribution in [-0.2, 0) is 12.7 Å². The number of anilines is 1. The van der Waals surface area contributed by atoms with Gasteiger partial charge in [0, 0.05) is 56.4 Å². The topological polar surface area (TPSA) is 41.4 Å². The molecule has 0 N–H and O–H groups in total. The van der Waals surface area contributed by atoms with Gasteiger partial charge in [0.05, 0.1) is 5.56 Å². The number of carbonyl (C=O) groups excluding carboxylic acids is 1. The molecule has 1 aliphatic rings. The Bertz CT molecular complexity index is 1050. The molecule has 0 unspecified atom stereocenters. The maximum atomic E-state index is 13.0. The van der Waals surface area contributed by atoms with Gasteiger partial charge in [-0.2, -0.15) is 13.2 Å². The van der Waals surface area contributed by atoms with E-state index in [1.165, 1.54) is 6.07 Å². The number of imidazole rings is 1. The van der Waals surface area contributed by atoms with Crippen LogP contribution in [0.25, 0.3) is 0 Å². The Morgan fingerprint density at radius 2 is 1.74 bits per heavy atom. The fraction of sp³-hybridized carbons (Fsp3) is 0.304. The second kappa shape index (κ2) is 8.45. The predicted octanol–water partition coefficient (Wildman–Crippen LogP) is 4.22. The molecular formula is C23H23F3N4O. The van der Waals surface area contributed by atoms with Crippen LogP contribution in [0.15, 0.2) is 60.9 Å². The summed E-state index contributed by atoms with van der Waals surface area (Å²) in [5.74, 6) is 0.868. The van der Waals surface area contributed by atoms with Gasteiger partial charge >= 0.3 is 6.18 Å². The monoisotopic (exact) mass is 428 g/mol. The van der Waals surface area contributed by atoms with E-state index in [1.807, 2.05) is 46.9 Å². The van der Waals surface area contributed by atoms with Crippen molar-refractivity contribution in [2.45, 2.75) is 19.6 Å². The van der Waals surface area contributed by atoms with Crippen LogP contribution in [-0.4, -0.2) is 46.5 Å². The van der Waals surface area contributed by atoms with Crippen LogP contribution in [0.3, 0.4) is 0 Å². The van der Waals surface area contributed by atoms with Crippen molar-refractivity contribution in [1.82, 2.24) is 14.5 Å². The zero-order chi connectivity index (χ0) is 22.0. The highest BCUT2D eigenvalue weighted by atomic mass is 19.4. The lowest BCUT2D eigenvalue weighted by Crippen LogP contribution is -2.48. The van der Waals surface area contributed by atoms with Gasteiger partial charge in [0.2, 0.25) is 0 Å². The van der Waals surface area contributed by atoms with Crippen molar-refractivity contribution in [3.05, 3.63) is 83.4 Å². The zero-order valence-electron chi connectivity index (χ0n) is 17.1. The summed E-state index contributed by atoms with van der Waals surface area (Å²) in [5, 5.41) is 0. The first-order valence-electron chi connectivity index (χ1n) is 10.1. The van der Waals surface area contributed by atoms with Crippen LogP contribution < -0.4 is 4.90 Å². The molecule has 0 spiro atoms. The Morgan fingerprint density at radius 1 is 1.03 bits per heavy atom. The number of piperazine rings is 1. The van der Waals surface area contributed by atoms with Crippen LogP contribution in [0.2, 0.25) is 0 Å². The molecule has 2 heterocycles. The molecule has 0 bridgehead atoms. The smallest absolute Gasteiger partial charge is 0.368 e. The van der Waals surface area contributed by atoms with E-state index < -0.39 is 11.7 Å². The first-order valence-corrected chi connectivity index (χ1v) is 10.1. The number of hydrogen-bond acceptors (Lipinski definition) is 3. The summed E-state index contributed by atoms with van der Waals surface area (Å²) >= 11 is 0. The molecule has 0 saturated carbocycles. The second-order valence-electron chi connectivity index (χ2n) is 7.63. The molecule has 1 aromatic heterocycles. The molecule has 1 aliphatic heterocycles. The van der Waals surface area contributed by atoms with Crippen LogP contribution in [0.1, 0.15) is 27.3 Å². The van der Waals surface area contributed by atoms with Crippen molar-refractivity contribution in [2.24, 2.45) is 0 Å². The van der Waals surface area contributed by atoms with Crippen molar-refractivity contribution < 1.29 is 18.0 Å². The zero-order valence-corrected chi connectivity index (χ0v) is 17.1. The Kier molecular flexibility index (Phi) is 5.71. The molecule has 1 amide bonds. The Hall–Kier alpha value is -3.29. The third-order valence-corrected chi connectivity index (χ3v) is 5.58. The molecule has 8 heteroatoms. The summed E-state index contributed by atoms with van der Waals surface area (Å²) in [6, 6.07) is 12.8. The molecule has 1 fully saturated rings. The molecule has 0 atom stereocenters. The van der Waals surface area contributed by atoms with E-state index in [2.05, 4.69) is 4.98 Å². The number of alkyl halides is 3. The van der Waals surface area contributed by atoms with E-state index in [9.17, 15) is 18.0 Å². The van der Waals surface area contributed by atoms with Gasteiger partial charge in [0.25, 0.3) is 5.91 Å². The first-order chi connectivity index (χ1) is 14.8. The van der Waals surface area contributed by atoms with Gasteiger partial charge in [-0.25, -0.2) is 4.98 Å². The summed E-state index contributed by atoms with van der Waals surface area (Å²) in [6.45, 7) is 4.54. The minimum absolute atomic E-state index is 0.0611. The number of amides is 1. The highest BCUT2D eigenvalue weighted by molar-refractivity contribution is 5.94. The van der Waals surface area contributed by atoms with Crippen LogP contribution >= 0.6 is 0 Å². The summed E-state index contributed by atoms with van der Waals surface area (Å²) in [5.41, 5.74) is 1.56. The molecule has 162 valence electrons. The van der Waals surface area contributed by atoms with Crippen molar-refractivity contribution in [1.29, 1.82) is 0 Å². The maximum Gasteiger partial charge on any atom is 0.416 e. The van der Waals surface area contributed by atoms with Gasteiger partial charge in [-0.05, 0) is 42.8 Å². The molecular weight excluding hydrogens is 405 g/mol. The molecule has 2 aromatic carbocycles. The van der Waals surface area contributed by atoms with E-state index in [4.69, 9.17) is 0 Å². The van der Waals surface area contributed by atoms with Gasteiger partial charge in [-0.15, -0.1) is 0 Å². The van der Waals surface area contributed by atoms with Crippen molar-refractivity contribution in [3.8, 4) is 0 Å². The standard InChI is InChI=1S/C23H23F3N4O/c1-17-27-9-10-30(17)16-18-5-7-19(8-6-18)22(31)29-13-11-28(12-14-29)21-4-2-3-20(15-21)23(24,25)26/h2-10,15H,11-14,16H2,1H3. The molecule has 3 aromatic rings. The number of rotatable bonds is 4. The van der Waals surface area contributed by atoms with E-state index in [1.54, 1.807) is 17.2 Å². The molecule has 0 radical (unpaired) electrons. The lowest BCUT2D eigenvalue weighted by molar-refractivity contribution is -0.137. The summed E-state index contributed by atoms with van der Waals surface area (Å²) < 4.78 is 40.9. The maximum absolute atomic E-state index is 13.0. The van der Waals surface area contributed by atoms with Gasteiger partial charge < -0.3 is 14.4 Å².